The molecule has 0 aromatic carbocycles. The van der Waals surface area contributed by atoms with Gasteiger partial charge in [-0.1, -0.05) is 0 Å². The van der Waals surface area contributed by atoms with E-state index in [1.165, 1.54) is 25.7 Å². The number of ether oxygens (including phenoxy) is 2. The summed E-state index contributed by atoms with van der Waals surface area (Å²) < 4.78 is 12.3. The number of aliphatic hydroxyl groups excluding tert-OH is 1. The van der Waals surface area contributed by atoms with Gasteiger partial charge in [-0.05, 0) is 13.8 Å². The number of rotatable bonds is 11. The number of aliphatic hydroxyl groups is 1. The fourth-order valence-corrected chi connectivity index (χ4v) is 5.59. The first kappa shape index (κ1) is 24.0. The van der Waals surface area contributed by atoms with Crippen LogP contribution in [-0.4, -0.2) is 57.5 Å². The number of hydrogen-bond donors (Lipinski definition) is 1. The maximum absolute atomic E-state index is 10.8. The van der Waals surface area contributed by atoms with Crippen LogP contribution in [-0.2, 0) is 19.1 Å². The average Bonchev–Trinajstić information content (AvgIpc) is 2.48. The normalized spacial score (nSPS) is 11.1. The molecule has 6 heteroatoms. The van der Waals surface area contributed by atoms with Gasteiger partial charge in [-0.15, -0.1) is 0 Å². The third kappa shape index (κ3) is 17.7. The molecule has 1 atom stereocenters. The average molecular weight is 423 g/mol. The molecule has 22 heavy (non-hydrogen) atoms. The van der Waals surface area contributed by atoms with Crippen LogP contribution in [0, 0.1) is 0 Å². The van der Waals surface area contributed by atoms with Crippen LogP contribution in [0.2, 0.25) is 8.87 Å². The van der Waals surface area contributed by atoms with Crippen molar-refractivity contribution in [1.82, 2.24) is 0 Å². The van der Waals surface area contributed by atoms with E-state index >= 15 is 0 Å². The standard InChI is InChI=1S/C8H14O5.2C4H9.Sn/c1-3-12-7(10)5-6(9)8(11)13-4-2;2*1-3-4-2;/h6,9H,3-5H2,1-2H3;2*1,3-4H2,2H3;. The molecule has 0 aliphatic heterocycles. The zero-order valence-corrected chi connectivity index (χ0v) is 17.4. The molecule has 0 heterocycles. The van der Waals surface area contributed by atoms with Gasteiger partial charge >= 0.3 is 81.5 Å². The van der Waals surface area contributed by atoms with E-state index in [1.807, 2.05) is 0 Å². The molecule has 0 saturated heterocycles. The van der Waals surface area contributed by atoms with E-state index in [1.54, 1.807) is 22.7 Å². The van der Waals surface area contributed by atoms with Gasteiger partial charge in [0.15, 0.2) is 6.10 Å². The third-order valence-electron chi connectivity index (χ3n) is 2.64. The van der Waals surface area contributed by atoms with Gasteiger partial charge in [0.2, 0.25) is 0 Å². The van der Waals surface area contributed by atoms with Crippen LogP contribution in [0.1, 0.15) is 59.8 Å². The predicted molar refractivity (Wildman–Crippen MR) is 89.1 cm³/mol. The second-order valence-electron chi connectivity index (χ2n) is 4.73. The molecule has 0 amide bonds. The number of hydrogen-bond acceptors (Lipinski definition) is 5. The summed E-state index contributed by atoms with van der Waals surface area (Å²) in [6, 6.07) is 0. The molecule has 0 bridgehead atoms. The van der Waals surface area contributed by atoms with Crippen LogP contribution < -0.4 is 0 Å². The van der Waals surface area contributed by atoms with Gasteiger partial charge in [0.05, 0.1) is 19.6 Å². The molecule has 0 aliphatic carbocycles. The van der Waals surface area contributed by atoms with E-state index in [4.69, 9.17) is 5.11 Å². The Morgan fingerprint density at radius 3 is 1.86 bits per heavy atom. The summed E-state index contributed by atoms with van der Waals surface area (Å²) in [6.07, 6.45) is 4.07. The summed E-state index contributed by atoms with van der Waals surface area (Å²) in [7, 11) is 0. The molecule has 130 valence electrons. The smallest absolute Gasteiger partial charge is 0.335 e. The molecule has 1 N–H and O–H groups in total. The van der Waals surface area contributed by atoms with E-state index in [0.717, 1.165) is 0 Å². The summed E-state index contributed by atoms with van der Waals surface area (Å²) in [5, 5.41) is 9.07. The number of carbonyl (C=O) groups is 2. The van der Waals surface area contributed by atoms with Crippen molar-refractivity contribution in [3.63, 3.8) is 0 Å². The monoisotopic (exact) mass is 424 g/mol. The molecule has 1 unspecified atom stereocenters. The van der Waals surface area contributed by atoms with Crippen molar-refractivity contribution in [2.75, 3.05) is 13.2 Å². The first-order chi connectivity index (χ1) is 10.5. The van der Waals surface area contributed by atoms with Crippen LogP contribution >= 0.6 is 0 Å². The van der Waals surface area contributed by atoms with E-state index < -0.39 is 18.0 Å². The predicted octanol–water partition coefficient (Wildman–Crippen LogP) is 2.99. The van der Waals surface area contributed by atoms with Gasteiger partial charge in [0.1, 0.15) is 0 Å². The van der Waals surface area contributed by atoms with Gasteiger partial charge in [0.25, 0.3) is 0 Å². The van der Waals surface area contributed by atoms with Crippen molar-refractivity contribution >= 4 is 33.1 Å². The molecule has 0 aromatic heterocycles. The van der Waals surface area contributed by atoms with Crippen molar-refractivity contribution < 1.29 is 24.2 Å². The van der Waals surface area contributed by atoms with E-state index in [2.05, 4.69) is 23.3 Å². The minimum absolute atomic E-state index is 0.149. The largest absolute Gasteiger partial charge is 0.466 e. The Balaban J connectivity index is 0. The molecular weight excluding hydrogens is 391 g/mol. The summed E-state index contributed by atoms with van der Waals surface area (Å²) in [4.78, 5) is 21.6. The van der Waals surface area contributed by atoms with E-state index in [0.29, 0.717) is 0 Å². The Morgan fingerprint density at radius 1 is 0.955 bits per heavy atom. The van der Waals surface area contributed by atoms with Gasteiger partial charge in [-0.3, -0.25) is 4.79 Å². The van der Waals surface area contributed by atoms with Crippen molar-refractivity contribution in [1.29, 1.82) is 0 Å². The molecule has 0 aromatic rings. The van der Waals surface area contributed by atoms with E-state index in [-0.39, 0.29) is 40.8 Å². The summed E-state index contributed by atoms with van der Waals surface area (Å²) >= 11 is 0.149. The number of esters is 2. The maximum atomic E-state index is 10.8. The zero-order chi connectivity index (χ0) is 17.2. The van der Waals surface area contributed by atoms with Gasteiger partial charge in [0, 0.05) is 0 Å². The first-order valence-electron chi connectivity index (χ1n) is 8.24. The molecule has 0 saturated carbocycles. The Morgan fingerprint density at radius 2 is 1.45 bits per heavy atom. The Kier molecular flexibility index (Phi) is 20.4. The van der Waals surface area contributed by atoms with Gasteiger partial charge in [-0.2, -0.15) is 0 Å². The maximum Gasteiger partial charge on any atom is 0.335 e. The van der Waals surface area contributed by atoms with Crippen molar-refractivity contribution in [2.45, 2.75) is 74.8 Å². The molecule has 0 fully saturated rings. The van der Waals surface area contributed by atoms with Crippen LogP contribution in [0.3, 0.4) is 0 Å². The second kappa shape index (κ2) is 18.7. The van der Waals surface area contributed by atoms with Gasteiger partial charge < -0.3 is 14.6 Å². The summed E-state index contributed by atoms with van der Waals surface area (Å²) in [5.41, 5.74) is 0. The third-order valence-corrected chi connectivity index (χ3v) is 6.67. The fourth-order valence-electron chi connectivity index (χ4n) is 1.43. The molecular formula is C16H32O5Sn. The SMILES string of the molecule is CCC[CH2][Sn][CH2]CCC.CCOC(=O)CC(O)C(=O)OCC. The van der Waals surface area contributed by atoms with Crippen LogP contribution in [0.25, 0.3) is 0 Å². The van der Waals surface area contributed by atoms with Crippen LogP contribution in [0.5, 0.6) is 0 Å². The first-order valence-corrected chi connectivity index (χ1v) is 12.3. The van der Waals surface area contributed by atoms with Crippen molar-refractivity contribution in [3.05, 3.63) is 0 Å². The van der Waals surface area contributed by atoms with E-state index in [9.17, 15) is 9.59 Å². The molecule has 5 nitrogen and oxygen atoms in total. The Labute approximate surface area is 145 Å². The molecule has 0 rings (SSSR count). The minimum atomic E-state index is -1.42. The quantitative estimate of drug-likeness (QED) is 0.314. The van der Waals surface area contributed by atoms with Crippen molar-refractivity contribution in [2.24, 2.45) is 0 Å². The summed E-state index contributed by atoms with van der Waals surface area (Å²) in [6.45, 7) is 8.26. The summed E-state index contributed by atoms with van der Waals surface area (Å²) in [5.74, 6) is -1.40. The Bertz CT molecular complexity index is 265. The van der Waals surface area contributed by atoms with Crippen LogP contribution in [0.4, 0.5) is 0 Å². The van der Waals surface area contributed by atoms with Gasteiger partial charge in [-0.25, -0.2) is 4.79 Å². The minimum Gasteiger partial charge on any atom is -0.466 e. The Hall–Kier alpha value is -0.301. The topological polar surface area (TPSA) is 72.8 Å². The molecule has 2 radical (unpaired) electrons. The number of unbranched alkanes of at least 4 members (excludes halogenated alkanes) is 2. The number of carbonyl (C=O) groups excluding carboxylic acids is 2. The zero-order valence-electron chi connectivity index (χ0n) is 14.5. The van der Waals surface area contributed by atoms with Crippen LogP contribution in [0.15, 0.2) is 0 Å². The van der Waals surface area contributed by atoms with Crippen molar-refractivity contribution in [3.8, 4) is 0 Å². The molecule has 0 spiro atoms. The fraction of sp³-hybridized carbons (Fsp3) is 0.875. The second-order valence-corrected chi connectivity index (χ2v) is 9.02. The molecule has 0 aliphatic rings.